The van der Waals surface area contributed by atoms with Gasteiger partial charge < -0.3 is 14.6 Å². The Morgan fingerprint density at radius 2 is 1.48 bits per heavy atom. The van der Waals surface area contributed by atoms with E-state index in [0.717, 1.165) is 22.4 Å². The number of rotatable bonds is 7. The maximum absolute atomic E-state index is 11.3. The fourth-order valence-corrected chi connectivity index (χ4v) is 2.19. The molecule has 2 rings (SSSR count). The summed E-state index contributed by atoms with van der Waals surface area (Å²) in [6.45, 7) is 4.49. The van der Waals surface area contributed by atoms with Crippen LogP contribution in [0.1, 0.15) is 19.4 Å². The predicted molar refractivity (Wildman–Crippen MR) is 89.9 cm³/mol. The van der Waals surface area contributed by atoms with Gasteiger partial charge in [0.1, 0.15) is 12.4 Å². The van der Waals surface area contributed by atoms with Crippen molar-refractivity contribution >= 4 is 5.97 Å². The first kappa shape index (κ1) is 17.0. The molecular formula is C19H22O4. The van der Waals surface area contributed by atoms with Crippen LogP contribution in [0.25, 0.3) is 11.1 Å². The van der Waals surface area contributed by atoms with Crippen molar-refractivity contribution in [2.24, 2.45) is 0 Å². The van der Waals surface area contributed by atoms with Gasteiger partial charge in [0.25, 0.3) is 0 Å². The van der Waals surface area contributed by atoms with Crippen LogP contribution in [0.4, 0.5) is 0 Å². The Morgan fingerprint density at radius 3 is 1.96 bits per heavy atom. The van der Waals surface area contributed by atoms with E-state index < -0.39 is 11.4 Å². The summed E-state index contributed by atoms with van der Waals surface area (Å²) in [4.78, 5) is 11.3. The fraction of sp³-hybridized carbons (Fsp3) is 0.316. The summed E-state index contributed by atoms with van der Waals surface area (Å²) in [5.74, 6) is -0.0303. The number of benzene rings is 2. The third-order valence-corrected chi connectivity index (χ3v) is 3.89. The van der Waals surface area contributed by atoms with E-state index in [1.165, 1.54) is 0 Å². The third kappa shape index (κ3) is 4.11. The van der Waals surface area contributed by atoms with E-state index in [1.54, 1.807) is 21.0 Å². The van der Waals surface area contributed by atoms with Gasteiger partial charge in [-0.25, -0.2) is 0 Å². The summed E-state index contributed by atoms with van der Waals surface area (Å²) >= 11 is 0. The summed E-state index contributed by atoms with van der Waals surface area (Å²) in [6.07, 6.45) is 0. The molecule has 0 aliphatic carbocycles. The van der Waals surface area contributed by atoms with Crippen LogP contribution >= 0.6 is 0 Å². The van der Waals surface area contributed by atoms with Crippen LogP contribution in [0.5, 0.6) is 5.75 Å². The van der Waals surface area contributed by atoms with E-state index in [-0.39, 0.29) is 0 Å². The molecule has 0 aliphatic heterocycles. The summed E-state index contributed by atoms with van der Waals surface area (Å²) in [5, 5.41) is 9.28. The van der Waals surface area contributed by atoms with Crippen LogP contribution < -0.4 is 4.74 Å². The second-order valence-corrected chi connectivity index (χ2v) is 5.87. The monoisotopic (exact) mass is 314 g/mol. The van der Waals surface area contributed by atoms with Crippen LogP contribution in [-0.4, -0.2) is 31.4 Å². The Balaban J connectivity index is 2.12. The lowest BCUT2D eigenvalue weighted by Crippen LogP contribution is -2.28. The molecule has 0 unspecified atom stereocenters. The second kappa shape index (κ2) is 7.29. The van der Waals surface area contributed by atoms with Crippen molar-refractivity contribution in [3.05, 3.63) is 54.1 Å². The Morgan fingerprint density at radius 1 is 0.957 bits per heavy atom. The van der Waals surface area contributed by atoms with E-state index in [0.29, 0.717) is 13.2 Å². The van der Waals surface area contributed by atoms with Crippen molar-refractivity contribution in [1.82, 2.24) is 0 Å². The highest BCUT2D eigenvalue weighted by Crippen LogP contribution is 2.27. The molecule has 4 heteroatoms. The molecule has 0 heterocycles. The number of hydrogen-bond acceptors (Lipinski definition) is 3. The lowest BCUT2D eigenvalue weighted by atomic mass is 9.84. The number of carbonyl (C=O) groups is 1. The Kier molecular flexibility index (Phi) is 5.40. The van der Waals surface area contributed by atoms with Crippen molar-refractivity contribution in [2.45, 2.75) is 19.3 Å². The molecule has 0 aromatic heterocycles. The molecular weight excluding hydrogens is 292 g/mol. The molecule has 0 bridgehead atoms. The summed E-state index contributed by atoms with van der Waals surface area (Å²) in [5.41, 5.74) is 1.99. The largest absolute Gasteiger partial charge is 0.491 e. The zero-order valence-corrected chi connectivity index (χ0v) is 13.7. The highest BCUT2D eigenvalue weighted by molar-refractivity contribution is 5.80. The van der Waals surface area contributed by atoms with E-state index in [2.05, 4.69) is 0 Å². The summed E-state index contributed by atoms with van der Waals surface area (Å²) in [6, 6.07) is 15.4. The van der Waals surface area contributed by atoms with Crippen LogP contribution in [-0.2, 0) is 14.9 Å². The normalized spacial score (nSPS) is 11.3. The Hall–Kier alpha value is -2.33. The number of methoxy groups -OCH3 is 1. The van der Waals surface area contributed by atoms with Gasteiger partial charge in [0.05, 0.1) is 12.0 Å². The van der Waals surface area contributed by atoms with Crippen molar-refractivity contribution < 1.29 is 19.4 Å². The highest BCUT2D eigenvalue weighted by atomic mass is 16.5. The molecule has 0 atom stereocenters. The fourth-order valence-electron chi connectivity index (χ4n) is 2.19. The highest BCUT2D eigenvalue weighted by Gasteiger charge is 2.29. The second-order valence-electron chi connectivity index (χ2n) is 5.87. The van der Waals surface area contributed by atoms with Crippen molar-refractivity contribution in [3.63, 3.8) is 0 Å². The predicted octanol–water partition coefficient (Wildman–Crippen LogP) is 3.74. The minimum Gasteiger partial charge on any atom is -0.491 e. The zero-order valence-electron chi connectivity index (χ0n) is 13.7. The lowest BCUT2D eigenvalue weighted by Gasteiger charge is -2.19. The molecule has 1 N–H and O–H groups in total. The van der Waals surface area contributed by atoms with Gasteiger partial charge in [0.15, 0.2) is 0 Å². The van der Waals surface area contributed by atoms with Crippen molar-refractivity contribution in [3.8, 4) is 16.9 Å². The molecule has 4 nitrogen and oxygen atoms in total. The molecule has 2 aromatic rings. The molecule has 0 radical (unpaired) electrons. The molecule has 0 fully saturated rings. The number of ether oxygens (including phenoxy) is 2. The molecule has 0 aliphatic rings. The smallest absolute Gasteiger partial charge is 0.313 e. The topological polar surface area (TPSA) is 55.8 Å². The van der Waals surface area contributed by atoms with Crippen LogP contribution in [0.3, 0.4) is 0 Å². The number of hydrogen-bond donors (Lipinski definition) is 1. The molecule has 0 spiro atoms. The lowest BCUT2D eigenvalue weighted by molar-refractivity contribution is -0.142. The number of carboxylic acids is 1. The summed E-state index contributed by atoms with van der Waals surface area (Å²) < 4.78 is 10.5. The van der Waals surface area contributed by atoms with Gasteiger partial charge in [-0.3, -0.25) is 4.79 Å². The SMILES string of the molecule is COCCOc1ccc(-c2ccc(C(C)(C)C(=O)O)cc2)cc1. The van der Waals surface area contributed by atoms with Crippen molar-refractivity contribution in [1.29, 1.82) is 0 Å². The van der Waals surface area contributed by atoms with E-state index >= 15 is 0 Å². The maximum atomic E-state index is 11.3. The van der Waals surface area contributed by atoms with Gasteiger partial charge >= 0.3 is 5.97 Å². The molecule has 0 amide bonds. The molecule has 122 valence electrons. The van der Waals surface area contributed by atoms with Gasteiger partial charge in [-0.1, -0.05) is 36.4 Å². The Bertz CT molecular complexity index is 642. The van der Waals surface area contributed by atoms with Crippen LogP contribution in [0.2, 0.25) is 0 Å². The average molecular weight is 314 g/mol. The Labute approximate surface area is 136 Å². The van der Waals surface area contributed by atoms with Gasteiger partial charge in [0.2, 0.25) is 0 Å². The maximum Gasteiger partial charge on any atom is 0.313 e. The van der Waals surface area contributed by atoms with Gasteiger partial charge in [-0.05, 0) is 42.7 Å². The number of carboxylic acid groups (broad SMARTS) is 1. The van der Waals surface area contributed by atoms with E-state index in [9.17, 15) is 9.90 Å². The molecule has 0 saturated carbocycles. The first-order valence-corrected chi connectivity index (χ1v) is 7.51. The van der Waals surface area contributed by atoms with Gasteiger partial charge in [-0.2, -0.15) is 0 Å². The van der Waals surface area contributed by atoms with Crippen molar-refractivity contribution in [2.75, 3.05) is 20.3 Å². The summed E-state index contributed by atoms with van der Waals surface area (Å²) in [7, 11) is 1.64. The van der Waals surface area contributed by atoms with E-state index in [1.807, 2.05) is 48.5 Å². The average Bonchev–Trinajstić information content (AvgIpc) is 2.56. The first-order chi connectivity index (χ1) is 10.9. The minimum atomic E-state index is -0.891. The first-order valence-electron chi connectivity index (χ1n) is 7.51. The third-order valence-electron chi connectivity index (χ3n) is 3.89. The van der Waals surface area contributed by atoms with E-state index in [4.69, 9.17) is 9.47 Å². The molecule has 23 heavy (non-hydrogen) atoms. The molecule has 2 aromatic carbocycles. The number of aliphatic carboxylic acids is 1. The quantitative estimate of drug-likeness (QED) is 0.791. The van der Waals surface area contributed by atoms with Gasteiger partial charge in [0, 0.05) is 7.11 Å². The van der Waals surface area contributed by atoms with Gasteiger partial charge in [-0.15, -0.1) is 0 Å². The standard InChI is InChI=1S/C19H22O4/c1-19(2,18(20)21)16-8-4-14(5-9-16)15-6-10-17(11-7-15)23-13-12-22-3/h4-11H,12-13H2,1-3H3,(H,20,21). The minimum absolute atomic E-state index is 0.523. The van der Waals surface area contributed by atoms with Crippen LogP contribution in [0.15, 0.2) is 48.5 Å². The molecule has 0 saturated heterocycles. The van der Waals surface area contributed by atoms with Crippen LogP contribution in [0, 0.1) is 0 Å². The zero-order chi connectivity index (χ0) is 16.9.